The third-order valence-corrected chi connectivity index (χ3v) is 3.42. The highest BCUT2D eigenvalue weighted by molar-refractivity contribution is 5.97. The van der Waals surface area contributed by atoms with Crippen molar-refractivity contribution in [3.05, 3.63) is 24.0 Å². The van der Waals surface area contributed by atoms with Crippen molar-refractivity contribution in [3.63, 3.8) is 0 Å². The Labute approximate surface area is 95.3 Å². The van der Waals surface area contributed by atoms with Crippen LogP contribution in [0.2, 0.25) is 0 Å². The van der Waals surface area contributed by atoms with Gasteiger partial charge in [-0.15, -0.1) is 0 Å². The molecule has 3 N–H and O–H groups in total. The fourth-order valence-electron chi connectivity index (χ4n) is 2.08. The number of anilines is 1. The van der Waals surface area contributed by atoms with Gasteiger partial charge in [0, 0.05) is 11.7 Å². The topological polar surface area (TPSA) is 68.0 Å². The zero-order valence-electron chi connectivity index (χ0n) is 9.49. The predicted octanol–water partition coefficient (Wildman–Crippen LogP) is 1.73. The summed E-state index contributed by atoms with van der Waals surface area (Å²) in [5.41, 5.74) is 6.48. The van der Waals surface area contributed by atoms with E-state index >= 15 is 0 Å². The maximum absolute atomic E-state index is 12.0. The molecule has 0 aromatic carbocycles. The first-order valence-corrected chi connectivity index (χ1v) is 5.70. The number of pyridine rings is 1. The van der Waals surface area contributed by atoms with Crippen molar-refractivity contribution < 1.29 is 4.79 Å². The largest absolute Gasteiger partial charge is 0.397 e. The number of carbonyl (C=O) groups excluding carboxylic acids is 1. The molecule has 2 rings (SSSR count). The van der Waals surface area contributed by atoms with E-state index in [0.29, 0.717) is 11.4 Å². The van der Waals surface area contributed by atoms with Crippen molar-refractivity contribution in [1.29, 1.82) is 0 Å². The molecule has 0 bridgehead atoms. The standard InChI is InChI=1S/C12H17N3O/c1-2-12(6-4-7-12)15-11(16)10-9(13)5-3-8-14-10/h3,5,8H,2,4,6-7,13H2,1H3,(H,15,16). The van der Waals surface area contributed by atoms with E-state index in [1.165, 1.54) is 6.42 Å². The molecule has 0 radical (unpaired) electrons. The minimum atomic E-state index is -0.153. The molecule has 1 saturated carbocycles. The average Bonchev–Trinajstić information content (AvgIpc) is 2.24. The summed E-state index contributed by atoms with van der Waals surface area (Å²) in [6.07, 6.45) is 5.85. The summed E-state index contributed by atoms with van der Waals surface area (Å²) >= 11 is 0. The molecule has 0 aliphatic heterocycles. The van der Waals surface area contributed by atoms with Crippen LogP contribution in [-0.4, -0.2) is 16.4 Å². The van der Waals surface area contributed by atoms with Crippen LogP contribution >= 0.6 is 0 Å². The van der Waals surface area contributed by atoms with Crippen molar-refractivity contribution in [1.82, 2.24) is 10.3 Å². The van der Waals surface area contributed by atoms with Gasteiger partial charge in [-0.3, -0.25) is 4.79 Å². The SMILES string of the molecule is CCC1(NC(=O)c2ncccc2N)CCC1. The maximum Gasteiger partial charge on any atom is 0.272 e. The van der Waals surface area contributed by atoms with Crippen LogP contribution in [0.15, 0.2) is 18.3 Å². The van der Waals surface area contributed by atoms with Crippen LogP contribution in [0.1, 0.15) is 43.1 Å². The molecule has 1 heterocycles. The highest BCUT2D eigenvalue weighted by atomic mass is 16.2. The zero-order valence-corrected chi connectivity index (χ0v) is 9.49. The van der Waals surface area contributed by atoms with Gasteiger partial charge in [-0.25, -0.2) is 4.98 Å². The van der Waals surface area contributed by atoms with E-state index in [1.807, 2.05) is 0 Å². The molecule has 1 aromatic heterocycles. The van der Waals surface area contributed by atoms with Gasteiger partial charge < -0.3 is 11.1 Å². The lowest BCUT2D eigenvalue weighted by atomic mass is 9.75. The van der Waals surface area contributed by atoms with Crippen molar-refractivity contribution in [3.8, 4) is 0 Å². The van der Waals surface area contributed by atoms with Gasteiger partial charge in [0.1, 0.15) is 0 Å². The van der Waals surface area contributed by atoms with E-state index in [0.717, 1.165) is 19.3 Å². The van der Waals surface area contributed by atoms with Crippen molar-refractivity contribution in [2.75, 3.05) is 5.73 Å². The summed E-state index contributed by atoms with van der Waals surface area (Å²) in [4.78, 5) is 16.0. The third kappa shape index (κ3) is 1.87. The summed E-state index contributed by atoms with van der Waals surface area (Å²) in [6, 6.07) is 3.42. The predicted molar refractivity (Wildman–Crippen MR) is 63.0 cm³/mol. The number of aromatic nitrogens is 1. The Bertz CT molecular complexity index is 393. The first kappa shape index (κ1) is 10.9. The molecule has 1 fully saturated rings. The van der Waals surface area contributed by atoms with Crippen molar-refractivity contribution >= 4 is 11.6 Å². The third-order valence-electron chi connectivity index (χ3n) is 3.42. The van der Waals surface area contributed by atoms with Crippen molar-refractivity contribution in [2.45, 2.75) is 38.1 Å². The van der Waals surface area contributed by atoms with E-state index in [4.69, 9.17) is 5.73 Å². The van der Waals surface area contributed by atoms with Gasteiger partial charge in [0.15, 0.2) is 5.69 Å². The fraction of sp³-hybridized carbons (Fsp3) is 0.500. The summed E-state index contributed by atoms with van der Waals surface area (Å²) < 4.78 is 0. The summed E-state index contributed by atoms with van der Waals surface area (Å²) in [6.45, 7) is 2.10. The number of rotatable bonds is 3. The van der Waals surface area contributed by atoms with Gasteiger partial charge in [-0.05, 0) is 37.8 Å². The van der Waals surface area contributed by atoms with E-state index in [1.54, 1.807) is 18.3 Å². The van der Waals surface area contributed by atoms with Gasteiger partial charge in [0.2, 0.25) is 0 Å². The molecule has 16 heavy (non-hydrogen) atoms. The minimum absolute atomic E-state index is 0.0129. The van der Waals surface area contributed by atoms with Crippen LogP contribution in [0.4, 0.5) is 5.69 Å². The lowest BCUT2D eigenvalue weighted by Crippen LogP contribution is -2.53. The fourth-order valence-corrected chi connectivity index (χ4v) is 2.08. The number of hydrogen-bond donors (Lipinski definition) is 2. The van der Waals surface area contributed by atoms with Crippen LogP contribution in [0.25, 0.3) is 0 Å². The second kappa shape index (κ2) is 4.12. The second-order valence-corrected chi connectivity index (χ2v) is 4.38. The van der Waals surface area contributed by atoms with Gasteiger partial charge in [-0.2, -0.15) is 0 Å². The van der Waals surface area contributed by atoms with Gasteiger partial charge >= 0.3 is 0 Å². The Kier molecular flexibility index (Phi) is 2.81. The minimum Gasteiger partial charge on any atom is -0.397 e. The number of nitrogens with two attached hydrogens (primary N) is 1. The molecule has 86 valence electrons. The number of nitrogens with zero attached hydrogens (tertiary/aromatic N) is 1. The molecule has 1 aromatic rings. The molecule has 4 heteroatoms. The first-order chi connectivity index (χ1) is 7.67. The molecule has 0 unspecified atom stereocenters. The molecule has 4 nitrogen and oxygen atoms in total. The number of hydrogen-bond acceptors (Lipinski definition) is 3. The van der Waals surface area contributed by atoms with E-state index in [-0.39, 0.29) is 11.4 Å². The zero-order chi connectivity index (χ0) is 11.6. The van der Waals surface area contributed by atoms with Gasteiger partial charge in [-0.1, -0.05) is 6.92 Å². The molecule has 0 saturated heterocycles. The molecule has 1 aliphatic rings. The Balaban J connectivity index is 2.11. The van der Waals surface area contributed by atoms with Crippen LogP contribution < -0.4 is 11.1 Å². The normalized spacial score (nSPS) is 17.6. The lowest BCUT2D eigenvalue weighted by Gasteiger charge is -2.41. The molecular weight excluding hydrogens is 202 g/mol. The quantitative estimate of drug-likeness (QED) is 0.813. The lowest BCUT2D eigenvalue weighted by molar-refractivity contribution is 0.0816. The molecule has 0 spiro atoms. The molecular formula is C12H17N3O. The van der Waals surface area contributed by atoms with Crippen LogP contribution in [0.3, 0.4) is 0 Å². The average molecular weight is 219 g/mol. The Morgan fingerprint density at radius 1 is 1.62 bits per heavy atom. The monoisotopic (exact) mass is 219 g/mol. The maximum atomic E-state index is 12.0. The van der Waals surface area contributed by atoms with E-state index in [2.05, 4.69) is 17.2 Å². The second-order valence-electron chi connectivity index (χ2n) is 4.38. The van der Waals surface area contributed by atoms with E-state index < -0.39 is 0 Å². The first-order valence-electron chi connectivity index (χ1n) is 5.70. The molecule has 1 amide bonds. The number of nitrogen functional groups attached to an aromatic ring is 1. The molecule has 1 aliphatic carbocycles. The van der Waals surface area contributed by atoms with Crippen LogP contribution in [0, 0.1) is 0 Å². The van der Waals surface area contributed by atoms with Gasteiger partial charge in [0.05, 0.1) is 5.69 Å². The number of amides is 1. The van der Waals surface area contributed by atoms with Gasteiger partial charge in [0.25, 0.3) is 5.91 Å². The van der Waals surface area contributed by atoms with Crippen LogP contribution in [0.5, 0.6) is 0 Å². The van der Waals surface area contributed by atoms with Crippen LogP contribution in [-0.2, 0) is 0 Å². The smallest absolute Gasteiger partial charge is 0.272 e. The summed E-state index contributed by atoms with van der Waals surface area (Å²) in [7, 11) is 0. The number of nitrogens with one attached hydrogen (secondary N) is 1. The Morgan fingerprint density at radius 2 is 2.38 bits per heavy atom. The number of carbonyl (C=O) groups is 1. The van der Waals surface area contributed by atoms with E-state index in [9.17, 15) is 4.79 Å². The highest BCUT2D eigenvalue weighted by Gasteiger charge is 2.37. The highest BCUT2D eigenvalue weighted by Crippen LogP contribution is 2.34. The Morgan fingerprint density at radius 3 is 2.88 bits per heavy atom. The summed E-state index contributed by atoms with van der Waals surface area (Å²) in [5.74, 6) is -0.153. The van der Waals surface area contributed by atoms with Crippen molar-refractivity contribution in [2.24, 2.45) is 0 Å². The summed E-state index contributed by atoms with van der Waals surface area (Å²) in [5, 5.41) is 3.06. The Hall–Kier alpha value is -1.58. The molecule has 0 atom stereocenters.